The van der Waals surface area contributed by atoms with E-state index in [0.717, 1.165) is 25.7 Å². The summed E-state index contributed by atoms with van der Waals surface area (Å²) >= 11 is 0. The number of hydrogen-bond acceptors (Lipinski definition) is 2. The molecule has 110 valence electrons. The predicted octanol–water partition coefficient (Wildman–Crippen LogP) is 5.36. The molecule has 0 spiro atoms. The summed E-state index contributed by atoms with van der Waals surface area (Å²) in [6.45, 7) is 17.7. The van der Waals surface area contributed by atoms with Crippen molar-refractivity contribution in [3.8, 4) is 0 Å². The molecule has 0 N–H and O–H groups in total. The molecule has 0 aliphatic carbocycles. The summed E-state index contributed by atoms with van der Waals surface area (Å²) in [7, 11) is 0. The van der Waals surface area contributed by atoms with Gasteiger partial charge in [-0.3, -0.25) is 0 Å². The zero-order valence-electron chi connectivity index (χ0n) is 13.8. The topological polar surface area (TPSA) is 18.5 Å². The highest BCUT2D eigenvalue weighted by Gasteiger charge is 2.16. The zero-order chi connectivity index (χ0) is 14.4. The molecule has 0 aromatic carbocycles. The molecule has 0 bridgehead atoms. The fourth-order valence-corrected chi connectivity index (χ4v) is 1.56. The van der Waals surface area contributed by atoms with Crippen molar-refractivity contribution in [1.82, 2.24) is 0 Å². The van der Waals surface area contributed by atoms with Crippen molar-refractivity contribution in [2.75, 3.05) is 0 Å². The van der Waals surface area contributed by atoms with Crippen molar-refractivity contribution in [2.24, 2.45) is 10.8 Å². The molecule has 0 aromatic heterocycles. The molecule has 0 rings (SSSR count). The SMILES string of the molecule is CC(CCC(C)(C)C)OOC(C)CCC(C)(C)C. The van der Waals surface area contributed by atoms with E-state index in [1.54, 1.807) is 0 Å². The van der Waals surface area contributed by atoms with Crippen molar-refractivity contribution >= 4 is 0 Å². The van der Waals surface area contributed by atoms with Crippen LogP contribution in [0.5, 0.6) is 0 Å². The lowest BCUT2D eigenvalue weighted by Gasteiger charge is -2.23. The van der Waals surface area contributed by atoms with Crippen molar-refractivity contribution in [3.63, 3.8) is 0 Å². The Morgan fingerprint density at radius 1 is 0.667 bits per heavy atom. The quantitative estimate of drug-likeness (QED) is 0.452. The van der Waals surface area contributed by atoms with Gasteiger partial charge < -0.3 is 0 Å². The zero-order valence-corrected chi connectivity index (χ0v) is 13.8. The van der Waals surface area contributed by atoms with Gasteiger partial charge in [0.1, 0.15) is 0 Å². The fourth-order valence-electron chi connectivity index (χ4n) is 1.56. The van der Waals surface area contributed by atoms with Crippen LogP contribution in [0.1, 0.15) is 81.1 Å². The summed E-state index contributed by atoms with van der Waals surface area (Å²) < 4.78 is 0. The minimum absolute atomic E-state index is 0.182. The Morgan fingerprint density at radius 2 is 0.944 bits per heavy atom. The first-order valence-corrected chi connectivity index (χ1v) is 7.32. The van der Waals surface area contributed by atoms with Crippen molar-refractivity contribution < 1.29 is 9.78 Å². The first kappa shape index (κ1) is 17.9. The minimum Gasteiger partial charge on any atom is -0.233 e. The highest BCUT2D eigenvalue weighted by molar-refractivity contribution is 4.64. The molecule has 0 fully saturated rings. The lowest BCUT2D eigenvalue weighted by molar-refractivity contribution is -0.347. The molecule has 0 aromatic rings. The van der Waals surface area contributed by atoms with Crippen LogP contribution < -0.4 is 0 Å². The van der Waals surface area contributed by atoms with Gasteiger partial charge in [0.2, 0.25) is 0 Å². The van der Waals surface area contributed by atoms with Gasteiger partial charge in [-0.25, -0.2) is 9.78 Å². The third kappa shape index (κ3) is 12.4. The first-order valence-electron chi connectivity index (χ1n) is 7.32. The lowest BCUT2D eigenvalue weighted by Crippen LogP contribution is -2.19. The second-order valence-corrected chi connectivity index (χ2v) is 8.01. The van der Waals surface area contributed by atoms with E-state index in [1.165, 1.54) is 0 Å². The molecule has 0 saturated heterocycles. The van der Waals surface area contributed by atoms with Gasteiger partial charge in [-0.1, -0.05) is 41.5 Å². The average Bonchev–Trinajstić information content (AvgIpc) is 2.18. The third-order valence-corrected chi connectivity index (χ3v) is 2.99. The van der Waals surface area contributed by atoms with E-state index in [-0.39, 0.29) is 12.2 Å². The molecule has 0 amide bonds. The standard InChI is InChI=1S/C16H34O2/c1-13(9-11-15(3,4)5)17-18-14(2)10-12-16(6,7)8/h13-14H,9-12H2,1-8H3. The van der Waals surface area contributed by atoms with Crippen LogP contribution in [-0.4, -0.2) is 12.2 Å². The van der Waals surface area contributed by atoms with E-state index in [0.29, 0.717) is 10.8 Å². The summed E-state index contributed by atoms with van der Waals surface area (Å²) in [4.78, 5) is 10.9. The minimum atomic E-state index is 0.182. The van der Waals surface area contributed by atoms with Crippen LogP contribution in [0.4, 0.5) is 0 Å². The van der Waals surface area contributed by atoms with Crippen LogP contribution in [0, 0.1) is 10.8 Å². The van der Waals surface area contributed by atoms with Gasteiger partial charge in [-0.05, 0) is 50.4 Å². The Balaban J connectivity index is 3.68. The molecule has 0 aliphatic heterocycles. The molecule has 18 heavy (non-hydrogen) atoms. The average molecular weight is 258 g/mol. The van der Waals surface area contributed by atoms with E-state index in [2.05, 4.69) is 55.4 Å². The highest BCUT2D eigenvalue weighted by Crippen LogP contribution is 2.24. The normalized spacial score (nSPS) is 16.7. The molecule has 2 heteroatoms. The van der Waals surface area contributed by atoms with Gasteiger partial charge in [-0.15, -0.1) is 0 Å². The Bertz CT molecular complexity index is 186. The van der Waals surface area contributed by atoms with Crippen LogP contribution in [0.3, 0.4) is 0 Å². The Hall–Kier alpha value is -0.0800. The summed E-state index contributed by atoms with van der Waals surface area (Å²) in [5, 5.41) is 0. The molecule has 0 radical (unpaired) electrons. The largest absolute Gasteiger partial charge is 0.233 e. The molecule has 2 unspecified atom stereocenters. The maximum absolute atomic E-state index is 5.46. The molecule has 2 nitrogen and oxygen atoms in total. The highest BCUT2D eigenvalue weighted by atomic mass is 17.2. The number of rotatable bonds is 7. The Morgan fingerprint density at radius 3 is 1.17 bits per heavy atom. The van der Waals surface area contributed by atoms with Gasteiger partial charge in [0.05, 0.1) is 12.2 Å². The van der Waals surface area contributed by atoms with E-state index < -0.39 is 0 Å². The smallest absolute Gasteiger partial charge is 0.0902 e. The molecule has 2 atom stereocenters. The maximum Gasteiger partial charge on any atom is 0.0902 e. The Labute approximate surface area is 114 Å². The van der Waals surface area contributed by atoms with Crippen LogP contribution in [0.2, 0.25) is 0 Å². The fraction of sp³-hybridized carbons (Fsp3) is 1.00. The van der Waals surface area contributed by atoms with Crippen LogP contribution in [-0.2, 0) is 9.78 Å². The maximum atomic E-state index is 5.46. The van der Waals surface area contributed by atoms with Gasteiger partial charge in [0, 0.05) is 0 Å². The molecule has 0 saturated carbocycles. The summed E-state index contributed by atoms with van der Waals surface area (Å²) in [5.41, 5.74) is 0.741. The van der Waals surface area contributed by atoms with Gasteiger partial charge >= 0.3 is 0 Å². The van der Waals surface area contributed by atoms with Gasteiger partial charge in [-0.2, -0.15) is 0 Å². The van der Waals surface area contributed by atoms with Crippen molar-refractivity contribution in [1.29, 1.82) is 0 Å². The first-order chi connectivity index (χ1) is 7.99. The molecular weight excluding hydrogens is 224 g/mol. The predicted molar refractivity (Wildman–Crippen MR) is 78.5 cm³/mol. The van der Waals surface area contributed by atoms with Crippen molar-refractivity contribution in [2.45, 2.75) is 93.3 Å². The van der Waals surface area contributed by atoms with E-state index in [1.807, 2.05) is 0 Å². The van der Waals surface area contributed by atoms with E-state index in [9.17, 15) is 0 Å². The lowest BCUT2D eigenvalue weighted by atomic mass is 9.89. The second-order valence-electron chi connectivity index (χ2n) is 8.01. The molecule has 0 aliphatic rings. The van der Waals surface area contributed by atoms with Crippen LogP contribution in [0.25, 0.3) is 0 Å². The Kier molecular flexibility index (Phi) is 7.46. The molecular formula is C16H34O2. The van der Waals surface area contributed by atoms with E-state index in [4.69, 9.17) is 9.78 Å². The summed E-state index contributed by atoms with van der Waals surface area (Å²) in [6, 6.07) is 0. The summed E-state index contributed by atoms with van der Waals surface area (Å²) in [5.74, 6) is 0. The van der Waals surface area contributed by atoms with Crippen molar-refractivity contribution in [3.05, 3.63) is 0 Å². The summed E-state index contributed by atoms with van der Waals surface area (Å²) in [6.07, 6.45) is 4.79. The number of hydrogen-bond donors (Lipinski definition) is 0. The van der Waals surface area contributed by atoms with Crippen LogP contribution >= 0.6 is 0 Å². The van der Waals surface area contributed by atoms with E-state index >= 15 is 0 Å². The van der Waals surface area contributed by atoms with Gasteiger partial charge in [0.15, 0.2) is 0 Å². The van der Waals surface area contributed by atoms with Crippen LogP contribution in [0.15, 0.2) is 0 Å². The molecule has 0 heterocycles. The van der Waals surface area contributed by atoms with Gasteiger partial charge in [0.25, 0.3) is 0 Å². The third-order valence-electron chi connectivity index (χ3n) is 2.99. The second kappa shape index (κ2) is 7.49. The monoisotopic (exact) mass is 258 g/mol.